The van der Waals surface area contributed by atoms with Gasteiger partial charge in [-0.25, -0.2) is 0 Å². The summed E-state index contributed by atoms with van der Waals surface area (Å²) < 4.78 is 15.0. The van der Waals surface area contributed by atoms with E-state index in [0.717, 1.165) is 15.1 Å². The predicted molar refractivity (Wildman–Crippen MR) is 96.6 cm³/mol. The number of rotatable bonds is 4. The Bertz CT molecular complexity index is 745. The van der Waals surface area contributed by atoms with Crippen LogP contribution in [0.3, 0.4) is 0 Å². The van der Waals surface area contributed by atoms with Gasteiger partial charge in [0, 0.05) is 0 Å². The zero-order chi connectivity index (χ0) is 15.4. The van der Waals surface area contributed by atoms with Gasteiger partial charge in [0.25, 0.3) is 0 Å². The monoisotopic (exact) mass is 392 g/mol. The number of hydrogen-bond acceptors (Lipinski definition) is 1. The van der Waals surface area contributed by atoms with Crippen LogP contribution >= 0.6 is 17.4 Å². The first-order valence-corrected chi connectivity index (χ1v) is 12.0. The first-order chi connectivity index (χ1) is 10.7. The summed E-state index contributed by atoms with van der Waals surface area (Å²) in [4.78, 5) is 0. The van der Waals surface area contributed by atoms with Crippen molar-refractivity contribution < 1.29 is 4.57 Å². The molecule has 0 aliphatic heterocycles. The van der Waals surface area contributed by atoms with Gasteiger partial charge in [-0.15, -0.1) is 0 Å². The molecule has 0 spiro atoms. The van der Waals surface area contributed by atoms with E-state index in [1.54, 1.807) is 0 Å². The van der Waals surface area contributed by atoms with Crippen molar-refractivity contribution >= 4 is 47.0 Å². The number of hydrogen-bond donors (Lipinski definition) is 0. The molecular weight excluding hydrogens is 378 g/mol. The van der Waals surface area contributed by atoms with E-state index in [0.29, 0.717) is 5.02 Å². The van der Waals surface area contributed by atoms with Crippen LogP contribution in [0.2, 0.25) is 5.02 Å². The van der Waals surface area contributed by atoms with Gasteiger partial charge in [0.15, 0.2) is 0 Å². The molecule has 0 fully saturated rings. The molecule has 3 aromatic carbocycles. The Morgan fingerprint density at radius 3 is 1.59 bits per heavy atom. The van der Waals surface area contributed by atoms with Gasteiger partial charge in [0.05, 0.1) is 0 Å². The molecule has 0 aliphatic rings. The normalized spacial score (nSPS) is 11.3. The summed E-state index contributed by atoms with van der Waals surface area (Å²) in [6.45, 7) is 0. The first kappa shape index (κ1) is 15.6. The second-order valence-electron chi connectivity index (χ2n) is 4.77. The van der Waals surface area contributed by atoms with Crippen molar-refractivity contribution in [2.75, 3.05) is 0 Å². The third-order valence-electron chi connectivity index (χ3n) is 3.24. The van der Waals surface area contributed by atoms with Crippen LogP contribution in [0.4, 0.5) is 0 Å². The van der Waals surface area contributed by atoms with Gasteiger partial charge in [0.1, 0.15) is 0 Å². The predicted octanol–water partition coefficient (Wildman–Crippen LogP) is 3.60. The molecule has 0 radical (unpaired) electrons. The van der Waals surface area contributed by atoms with Crippen molar-refractivity contribution in [1.82, 2.24) is 0 Å². The van der Waals surface area contributed by atoms with E-state index in [-0.39, 0.29) is 14.5 Å². The molecule has 0 saturated heterocycles. The van der Waals surface area contributed by atoms with Crippen molar-refractivity contribution in [2.24, 2.45) is 0 Å². The van der Waals surface area contributed by atoms with E-state index in [9.17, 15) is 4.57 Å². The Balaban J connectivity index is 2.08. The summed E-state index contributed by atoms with van der Waals surface area (Å²) in [5, 5.41) is 2.53. The van der Waals surface area contributed by atoms with Crippen LogP contribution in [0.25, 0.3) is 0 Å². The summed E-state index contributed by atoms with van der Waals surface area (Å²) in [5.74, 6) is -2.64. The van der Waals surface area contributed by atoms with Gasteiger partial charge in [-0.05, 0) is 0 Å². The Kier molecular flexibility index (Phi) is 4.86. The zero-order valence-corrected chi connectivity index (χ0v) is 15.1. The summed E-state index contributed by atoms with van der Waals surface area (Å²) in [6.07, 6.45) is 0. The molecule has 0 amide bonds. The SMILES string of the molecule is O=P([Se]c1ccc(Cl)cc1)(c1ccccc1)c1ccccc1. The summed E-state index contributed by atoms with van der Waals surface area (Å²) in [6, 6.07) is 27.2. The van der Waals surface area contributed by atoms with Crippen molar-refractivity contribution in [3.05, 3.63) is 90.0 Å². The van der Waals surface area contributed by atoms with Gasteiger partial charge in [0.2, 0.25) is 0 Å². The van der Waals surface area contributed by atoms with Gasteiger partial charge < -0.3 is 0 Å². The molecule has 3 aromatic rings. The molecule has 0 unspecified atom stereocenters. The van der Waals surface area contributed by atoms with Crippen LogP contribution in [0.1, 0.15) is 0 Å². The molecule has 4 heteroatoms. The van der Waals surface area contributed by atoms with Crippen LogP contribution in [-0.2, 0) is 4.57 Å². The summed E-state index contributed by atoms with van der Waals surface area (Å²) in [5.41, 5.74) is 0. The quantitative estimate of drug-likeness (QED) is 0.490. The van der Waals surface area contributed by atoms with E-state index in [1.165, 1.54) is 0 Å². The van der Waals surface area contributed by atoms with E-state index in [2.05, 4.69) is 0 Å². The van der Waals surface area contributed by atoms with E-state index < -0.39 is 5.83 Å². The standard InChI is InChI=1S/C18H14ClOPSe/c19-15-11-13-18(14-12-15)22-21(20,16-7-3-1-4-8-16)17-9-5-2-6-10-17/h1-14H. The molecule has 0 atom stereocenters. The Hall–Kier alpha value is -1.30. The molecule has 0 bridgehead atoms. The van der Waals surface area contributed by atoms with E-state index in [4.69, 9.17) is 11.6 Å². The maximum atomic E-state index is 13.9. The first-order valence-electron chi connectivity index (χ1n) is 6.85. The van der Waals surface area contributed by atoms with E-state index >= 15 is 0 Å². The number of benzene rings is 3. The van der Waals surface area contributed by atoms with Gasteiger partial charge in [-0.2, -0.15) is 0 Å². The molecule has 0 saturated carbocycles. The molecule has 0 aromatic heterocycles. The fourth-order valence-electron chi connectivity index (χ4n) is 2.15. The zero-order valence-electron chi connectivity index (χ0n) is 11.7. The van der Waals surface area contributed by atoms with Gasteiger partial charge >= 0.3 is 142 Å². The van der Waals surface area contributed by atoms with Crippen molar-refractivity contribution in [2.45, 2.75) is 0 Å². The Morgan fingerprint density at radius 2 is 1.14 bits per heavy atom. The van der Waals surface area contributed by atoms with Crippen LogP contribution in [0.15, 0.2) is 84.9 Å². The van der Waals surface area contributed by atoms with E-state index in [1.807, 2.05) is 84.9 Å². The molecule has 110 valence electrons. The summed E-state index contributed by atoms with van der Waals surface area (Å²) in [7, 11) is 0. The van der Waals surface area contributed by atoms with Crippen molar-refractivity contribution in [1.29, 1.82) is 0 Å². The fraction of sp³-hybridized carbons (Fsp3) is 0. The van der Waals surface area contributed by atoms with Crippen LogP contribution in [-0.4, -0.2) is 14.5 Å². The second kappa shape index (κ2) is 6.86. The summed E-state index contributed by atoms with van der Waals surface area (Å²) >= 11 is 5.77. The topological polar surface area (TPSA) is 17.1 Å². The van der Waals surface area contributed by atoms with Gasteiger partial charge in [-0.1, -0.05) is 0 Å². The molecule has 3 rings (SSSR count). The molecule has 22 heavy (non-hydrogen) atoms. The molecular formula is C18H14ClOPSe. The van der Waals surface area contributed by atoms with Crippen LogP contribution in [0, 0.1) is 0 Å². The number of halogens is 1. The Morgan fingerprint density at radius 1 is 0.682 bits per heavy atom. The molecule has 0 aliphatic carbocycles. The van der Waals surface area contributed by atoms with Crippen molar-refractivity contribution in [3.8, 4) is 0 Å². The Labute approximate surface area is 141 Å². The minimum atomic E-state index is -2.64. The maximum absolute atomic E-state index is 13.9. The average molecular weight is 392 g/mol. The molecule has 0 heterocycles. The third-order valence-corrected chi connectivity index (χ3v) is 12.1. The third kappa shape index (κ3) is 3.37. The van der Waals surface area contributed by atoms with Crippen molar-refractivity contribution in [3.63, 3.8) is 0 Å². The minimum absolute atomic E-state index is 0.180. The van der Waals surface area contributed by atoms with Crippen LogP contribution < -0.4 is 15.1 Å². The van der Waals surface area contributed by atoms with Gasteiger partial charge in [-0.3, -0.25) is 0 Å². The average Bonchev–Trinajstić information content (AvgIpc) is 2.58. The van der Waals surface area contributed by atoms with Crippen LogP contribution in [0.5, 0.6) is 0 Å². The molecule has 0 N–H and O–H groups in total. The second-order valence-corrected chi connectivity index (χ2v) is 12.9. The fourth-order valence-corrected chi connectivity index (χ4v) is 10.1. The molecule has 1 nitrogen and oxygen atoms in total.